The van der Waals surface area contributed by atoms with E-state index in [-0.39, 0.29) is 0 Å². The van der Waals surface area contributed by atoms with E-state index in [0.717, 1.165) is 35.9 Å². The Kier molecular flexibility index (Phi) is 5.00. The number of aromatic nitrogens is 1. The Hall–Kier alpha value is -2.63. The van der Waals surface area contributed by atoms with Crippen molar-refractivity contribution >= 4 is 11.3 Å². The van der Waals surface area contributed by atoms with E-state index < -0.39 is 0 Å². The molecule has 4 rings (SSSR count). The third-order valence-electron chi connectivity index (χ3n) is 4.14. The van der Waals surface area contributed by atoms with Crippen molar-refractivity contribution in [3.63, 3.8) is 0 Å². The van der Waals surface area contributed by atoms with Crippen LogP contribution in [0.4, 0.5) is 0 Å². The lowest BCUT2D eigenvalue weighted by molar-refractivity contribution is 0.202. The maximum absolute atomic E-state index is 5.59. The van der Waals surface area contributed by atoms with E-state index in [1.54, 1.807) is 6.26 Å². The van der Waals surface area contributed by atoms with Crippen LogP contribution in [-0.4, -0.2) is 10.1 Å². The molecular formula is C21H20N2O2S. The minimum Gasteiger partial charge on any atom is -0.468 e. The van der Waals surface area contributed by atoms with Crippen molar-refractivity contribution in [2.45, 2.75) is 26.6 Å². The summed E-state index contributed by atoms with van der Waals surface area (Å²) >= 11 is 1.82. The molecule has 0 fully saturated rings. The van der Waals surface area contributed by atoms with Gasteiger partial charge in [0.2, 0.25) is 0 Å². The molecule has 0 aliphatic carbocycles. The number of nitrogens with zero attached hydrogens (tertiary/aromatic N) is 2. The van der Waals surface area contributed by atoms with Crippen LogP contribution in [0.25, 0.3) is 11.3 Å². The lowest BCUT2D eigenvalue weighted by atomic mass is 10.1. The van der Waals surface area contributed by atoms with Gasteiger partial charge in [-0.25, -0.2) is 0 Å². The van der Waals surface area contributed by atoms with Crippen molar-refractivity contribution in [2.24, 2.45) is 0 Å². The van der Waals surface area contributed by atoms with Crippen molar-refractivity contribution in [1.29, 1.82) is 0 Å². The highest BCUT2D eigenvalue weighted by molar-refractivity contribution is 7.11. The molecule has 3 aromatic heterocycles. The van der Waals surface area contributed by atoms with Crippen LogP contribution in [0.15, 0.2) is 75.9 Å². The van der Waals surface area contributed by atoms with Gasteiger partial charge < -0.3 is 8.94 Å². The average molecular weight is 364 g/mol. The zero-order valence-electron chi connectivity index (χ0n) is 14.6. The largest absolute Gasteiger partial charge is 0.468 e. The molecule has 0 aliphatic heterocycles. The maximum atomic E-state index is 5.59. The maximum Gasteiger partial charge on any atom is 0.151 e. The minimum absolute atomic E-state index is 0.678. The van der Waals surface area contributed by atoms with Crippen molar-refractivity contribution in [2.75, 3.05) is 0 Å². The molecule has 0 saturated carbocycles. The summed E-state index contributed by atoms with van der Waals surface area (Å²) in [4.78, 5) is 4.96. The van der Waals surface area contributed by atoms with E-state index in [2.05, 4.69) is 29.1 Å². The predicted molar refractivity (Wildman–Crippen MR) is 103 cm³/mol. The summed E-state index contributed by atoms with van der Waals surface area (Å²) in [6.07, 6.45) is 1.71. The van der Waals surface area contributed by atoms with Crippen LogP contribution in [0.2, 0.25) is 0 Å². The number of hydrogen-bond donors (Lipinski definition) is 0. The zero-order valence-corrected chi connectivity index (χ0v) is 15.4. The lowest BCUT2D eigenvalue weighted by Gasteiger charge is -2.18. The molecule has 0 unspecified atom stereocenters. The fourth-order valence-electron chi connectivity index (χ4n) is 2.93. The standard InChI is InChI=1S/C21H20N2O2S/c1-16-9-10-20(26-16)15-23(13-18-8-5-11-24-18)14-19-12-21(22-25-19)17-6-3-2-4-7-17/h2-12H,13-15H2,1H3. The first-order chi connectivity index (χ1) is 12.8. The fraction of sp³-hybridized carbons (Fsp3) is 0.190. The van der Waals surface area contributed by atoms with Gasteiger partial charge in [0.1, 0.15) is 11.5 Å². The van der Waals surface area contributed by atoms with Crippen LogP contribution in [0.3, 0.4) is 0 Å². The molecule has 3 heterocycles. The molecule has 4 aromatic rings. The summed E-state index contributed by atoms with van der Waals surface area (Å²) in [7, 11) is 0. The molecule has 0 saturated heterocycles. The highest BCUT2D eigenvalue weighted by Crippen LogP contribution is 2.23. The van der Waals surface area contributed by atoms with E-state index in [0.29, 0.717) is 6.54 Å². The van der Waals surface area contributed by atoms with Crippen LogP contribution >= 0.6 is 11.3 Å². The van der Waals surface area contributed by atoms with Crippen LogP contribution in [0.5, 0.6) is 0 Å². The Morgan fingerprint density at radius 2 is 1.77 bits per heavy atom. The summed E-state index contributed by atoms with van der Waals surface area (Å²) in [5, 5.41) is 4.23. The second kappa shape index (κ2) is 7.72. The Labute approximate surface area is 156 Å². The van der Waals surface area contributed by atoms with E-state index in [4.69, 9.17) is 8.94 Å². The Balaban J connectivity index is 1.51. The van der Waals surface area contributed by atoms with Gasteiger partial charge in [-0.05, 0) is 31.2 Å². The van der Waals surface area contributed by atoms with E-state index in [1.165, 1.54) is 9.75 Å². The van der Waals surface area contributed by atoms with Gasteiger partial charge in [-0.2, -0.15) is 0 Å². The number of aryl methyl sites for hydroxylation is 1. The second-order valence-corrected chi connectivity index (χ2v) is 7.65. The smallest absolute Gasteiger partial charge is 0.151 e. The third-order valence-corrected chi connectivity index (χ3v) is 5.13. The summed E-state index contributed by atoms with van der Waals surface area (Å²) in [6, 6.07) is 20.4. The highest BCUT2D eigenvalue weighted by Gasteiger charge is 2.14. The molecule has 26 heavy (non-hydrogen) atoms. The molecule has 0 atom stereocenters. The van der Waals surface area contributed by atoms with Gasteiger partial charge in [-0.3, -0.25) is 4.90 Å². The molecule has 0 spiro atoms. The minimum atomic E-state index is 0.678. The number of thiophene rings is 1. The monoisotopic (exact) mass is 364 g/mol. The van der Waals surface area contributed by atoms with E-state index >= 15 is 0 Å². The molecule has 1 aromatic carbocycles. The van der Waals surface area contributed by atoms with Crippen LogP contribution < -0.4 is 0 Å². The van der Waals surface area contributed by atoms with Crippen molar-refractivity contribution < 1.29 is 8.94 Å². The van der Waals surface area contributed by atoms with E-state index in [9.17, 15) is 0 Å². The van der Waals surface area contributed by atoms with Crippen LogP contribution in [0, 0.1) is 6.92 Å². The van der Waals surface area contributed by atoms with E-state index in [1.807, 2.05) is 59.9 Å². The van der Waals surface area contributed by atoms with Gasteiger partial charge in [0.05, 0.1) is 19.4 Å². The topological polar surface area (TPSA) is 42.4 Å². The summed E-state index contributed by atoms with van der Waals surface area (Å²) < 4.78 is 11.1. The summed E-state index contributed by atoms with van der Waals surface area (Å²) in [5.74, 6) is 1.80. The molecule has 4 nitrogen and oxygen atoms in total. The van der Waals surface area contributed by atoms with Crippen molar-refractivity contribution in [3.8, 4) is 11.3 Å². The summed E-state index contributed by atoms with van der Waals surface area (Å²) in [5.41, 5.74) is 1.93. The molecule has 0 radical (unpaired) electrons. The van der Waals surface area contributed by atoms with Gasteiger partial charge in [-0.15, -0.1) is 11.3 Å². The molecule has 0 N–H and O–H groups in total. The Morgan fingerprint density at radius 1 is 0.923 bits per heavy atom. The van der Waals surface area contributed by atoms with Crippen molar-refractivity contribution in [1.82, 2.24) is 10.1 Å². The zero-order chi connectivity index (χ0) is 17.8. The highest BCUT2D eigenvalue weighted by atomic mass is 32.1. The number of rotatable bonds is 7. The molecular weight excluding hydrogens is 344 g/mol. The lowest BCUT2D eigenvalue weighted by Crippen LogP contribution is -2.21. The SMILES string of the molecule is Cc1ccc(CN(Cc2ccco2)Cc2cc(-c3ccccc3)no2)s1. The van der Waals surface area contributed by atoms with Crippen LogP contribution in [-0.2, 0) is 19.6 Å². The van der Waals surface area contributed by atoms with Gasteiger partial charge in [0, 0.05) is 27.9 Å². The third kappa shape index (κ3) is 4.12. The van der Waals surface area contributed by atoms with Gasteiger partial charge in [0.15, 0.2) is 5.76 Å². The van der Waals surface area contributed by atoms with Crippen LogP contribution in [0.1, 0.15) is 21.3 Å². The normalized spacial score (nSPS) is 11.3. The number of benzene rings is 1. The second-order valence-electron chi connectivity index (χ2n) is 6.28. The first kappa shape index (κ1) is 16.8. The molecule has 0 amide bonds. The number of furan rings is 1. The molecule has 5 heteroatoms. The van der Waals surface area contributed by atoms with Gasteiger partial charge in [0.25, 0.3) is 0 Å². The average Bonchev–Trinajstić information content (AvgIpc) is 3.39. The molecule has 132 valence electrons. The van der Waals surface area contributed by atoms with Crippen molar-refractivity contribution in [3.05, 3.63) is 88.2 Å². The first-order valence-electron chi connectivity index (χ1n) is 8.57. The summed E-state index contributed by atoms with van der Waals surface area (Å²) in [6.45, 7) is 4.39. The fourth-order valence-corrected chi connectivity index (χ4v) is 3.87. The van der Waals surface area contributed by atoms with Gasteiger partial charge >= 0.3 is 0 Å². The number of hydrogen-bond acceptors (Lipinski definition) is 5. The first-order valence-corrected chi connectivity index (χ1v) is 9.39. The quantitative estimate of drug-likeness (QED) is 0.434. The Morgan fingerprint density at radius 3 is 2.50 bits per heavy atom. The Bertz CT molecular complexity index is 941. The predicted octanol–water partition coefficient (Wildman–Crippen LogP) is 5.51. The van der Waals surface area contributed by atoms with Gasteiger partial charge in [-0.1, -0.05) is 35.5 Å². The molecule has 0 aliphatic rings. The molecule has 0 bridgehead atoms.